The van der Waals surface area contributed by atoms with Gasteiger partial charge in [0.25, 0.3) is 0 Å². The molecule has 1 aromatic carbocycles. The van der Waals surface area contributed by atoms with Crippen molar-refractivity contribution in [2.75, 3.05) is 19.1 Å². The first-order valence-electron chi connectivity index (χ1n) is 6.71. The van der Waals surface area contributed by atoms with Gasteiger partial charge in [-0.1, -0.05) is 17.7 Å². The molecule has 1 aliphatic rings. The molecule has 0 amide bonds. The smallest absolute Gasteiger partial charge is 0.355 e. The van der Waals surface area contributed by atoms with Crippen LogP contribution < -0.4 is 4.90 Å². The maximum absolute atomic E-state index is 14.5. The maximum atomic E-state index is 14.5. The maximum Gasteiger partial charge on any atom is 0.355 e. The zero-order valence-electron chi connectivity index (χ0n) is 13.0. The molecule has 0 aliphatic carbocycles. The zero-order valence-corrected chi connectivity index (χ0v) is 15.3. The van der Waals surface area contributed by atoms with Gasteiger partial charge in [0.2, 0.25) is 0 Å². The average molecular weight is 435 g/mol. The first-order chi connectivity index (χ1) is 11.8. The van der Waals surface area contributed by atoms with Crippen molar-refractivity contribution in [3.8, 4) is 0 Å². The van der Waals surface area contributed by atoms with Crippen LogP contribution >= 0.6 is 27.5 Å². The van der Waals surface area contributed by atoms with Crippen LogP contribution in [0.2, 0.25) is 5.02 Å². The van der Waals surface area contributed by atoms with E-state index in [2.05, 4.69) is 25.4 Å². The van der Waals surface area contributed by atoms with E-state index in [9.17, 15) is 18.4 Å². The third-order valence-corrected chi connectivity index (χ3v) is 4.22. The fourth-order valence-electron chi connectivity index (χ4n) is 2.11. The van der Waals surface area contributed by atoms with Crippen molar-refractivity contribution >= 4 is 45.2 Å². The van der Waals surface area contributed by atoms with Crippen molar-refractivity contribution in [2.24, 2.45) is 0 Å². The van der Waals surface area contributed by atoms with Gasteiger partial charge in [0.05, 0.1) is 35.0 Å². The summed E-state index contributed by atoms with van der Waals surface area (Å²) in [6.45, 7) is 0. The van der Waals surface area contributed by atoms with E-state index in [1.807, 2.05) is 0 Å². The van der Waals surface area contributed by atoms with Crippen molar-refractivity contribution in [3.05, 3.63) is 62.9 Å². The van der Waals surface area contributed by atoms with Crippen LogP contribution in [0.1, 0.15) is 0 Å². The predicted octanol–water partition coefficient (Wildman–Crippen LogP) is 3.87. The van der Waals surface area contributed by atoms with E-state index in [0.29, 0.717) is 0 Å². The summed E-state index contributed by atoms with van der Waals surface area (Å²) in [5.74, 6) is -3.64. The number of rotatable bonds is 3. The Kier molecular flexibility index (Phi) is 5.97. The monoisotopic (exact) mass is 433 g/mol. The number of nitrogens with zero attached hydrogens (tertiary/aromatic N) is 1. The summed E-state index contributed by atoms with van der Waals surface area (Å²) < 4.78 is 37.6. The first kappa shape index (κ1) is 19.1. The standard InChI is InChI=1S/C16H11BrClF2NO4/c1-24-15(22)8-5-3-4-6-21(13(8)16(23)25-2)14-10(19)7-9(18)12(20)11(14)17/h3-7H,1-2H3. The highest BCUT2D eigenvalue weighted by molar-refractivity contribution is 9.10. The Morgan fingerprint density at radius 2 is 1.80 bits per heavy atom. The molecule has 0 saturated heterocycles. The number of hydrogen-bond donors (Lipinski definition) is 0. The molecule has 0 saturated carbocycles. The van der Waals surface area contributed by atoms with E-state index in [4.69, 9.17) is 11.6 Å². The van der Waals surface area contributed by atoms with Crippen molar-refractivity contribution in [2.45, 2.75) is 0 Å². The second-order valence-electron chi connectivity index (χ2n) is 4.63. The van der Waals surface area contributed by atoms with Crippen molar-refractivity contribution in [1.29, 1.82) is 0 Å². The highest BCUT2D eigenvalue weighted by atomic mass is 79.9. The lowest BCUT2D eigenvalue weighted by Crippen LogP contribution is -2.28. The van der Waals surface area contributed by atoms with Gasteiger partial charge in [-0.3, -0.25) is 0 Å². The van der Waals surface area contributed by atoms with Crippen LogP contribution in [0.5, 0.6) is 0 Å². The number of carbonyl (C=O) groups excluding carboxylic acids is 2. The van der Waals surface area contributed by atoms with Gasteiger partial charge >= 0.3 is 11.9 Å². The molecule has 25 heavy (non-hydrogen) atoms. The van der Waals surface area contributed by atoms with E-state index in [1.165, 1.54) is 24.4 Å². The second kappa shape index (κ2) is 7.79. The van der Waals surface area contributed by atoms with E-state index in [0.717, 1.165) is 25.2 Å². The Morgan fingerprint density at radius 3 is 2.40 bits per heavy atom. The lowest BCUT2D eigenvalue weighted by molar-refractivity contribution is -0.139. The molecule has 0 fully saturated rings. The lowest BCUT2D eigenvalue weighted by Gasteiger charge is -2.25. The minimum absolute atomic E-state index is 0.194. The highest BCUT2D eigenvalue weighted by Crippen LogP contribution is 2.39. The minimum atomic E-state index is -0.946. The quantitative estimate of drug-likeness (QED) is 0.411. The Labute approximate surface area is 155 Å². The van der Waals surface area contributed by atoms with Gasteiger partial charge in [0.1, 0.15) is 11.5 Å². The molecular weight excluding hydrogens is 424 g/mol. The van der Waals surface area contributed by atoms with Crippen LogP contribution in [0.4, 0.5) is 14.5 Å². The van der Waals surface area contributed by atoms with Gasteiger partial charge in [0.15, 0.2) is 5.82 Å². The fraction of sp³-hybridized carbons (Fsp3) is 0.125. The van der Waals surface area contributed by atoms with Gasteiger partial charge in [-0.2, -0.15) is 0 Å². The molecule has 1 aliphatic heterocycles. The van der Waals surface area contributed by atoms with E-state index in [1.54, 1.807) is 0 Å². The number of benzene rings is 1. The molecule has 1 heterocycles. The number of allylic oxidation sites excluding steroid dienone is 2. The number of carbonyl (C=O) groups is 2. The number of anilines is 1. The Hall–Kier alpha value is -2.19. The number of halogens is 4. The Bertz CT molecular complexity index is 836. The summed E-state index contributed by atoms with van der Waals surface area (Å²) in [4.78, 5) is 25.3. The Balaban J connectivity index is 2.81. The van der Waals surface area contributed by atoms with Gasteiger partial charge < -0.3 is 14.4 Å². The summed E-state index contributed by atoms with van der Waals surface area (Å²) in [6, 6.07) is 0.760. The second-order valence-corrected chi connectivity index (χ2v) is 5.83. The zero-order chi connectivity index (χ0) is 18.7. The molecule has 132 valence electrons. The molecule has 0 aromatic heterocycles. The fourth-order valence-corrected chi connectivity index (χ4v) is 3.01. The summed E-state index contributed by atoms with van der Waals surface area (Å²) in [5, 5.41) is -0.443. The summed E-state index contributed by atoms with van der Waals surface area (Å²) >= 11 is 8.55. The van der Waals surface area contributed by atoms with Crippen LogP contribution in [0.15, 0.2) is 46.2 Å². The van der Waals surface area contributed by atoms with E-state index < -0.39 is 28.6 Å². The normalized spacial score (nSPS) is 13.8. The largest absolute Gasteiger partial charge is 0.465 e. The molecular formula is C16H11BrClF2NO4. The predicted molar refractivity (Wildman–Crippen MR) is 90.9 cm³/mol. The van der Waals surface area contributed by atoms with Crippen LogP contribution in [-0.2, 0) is 19.1 Å². The molecule has 0 radical (unpaired) electrons. The number of esters is 2. The third-order valence-electron chi connectivity index (χ3n) is 3.22. The summed E-state index contributed by atoms with van der Waals surface area (Å²) in [7, 11) is 2.22. The molecule has 0 bridgehead atoms. The van der Waals surface area contributed by atoms with Gasteiger partial charge in [-0.25, -0.2) is 18.4 Å². The molecule has 0 spiro atoms. The number of hydrogen-bond acceptors (Lipinski definition) is 5. The molecule has 9 heteroatoms. The number of methoxy groups -OCH3 is 2. The van der Waals surface area contributed by atoms with Crippen molar-refractivity contribution < 1.29 is 27.8 Å². The molecule has 1 aromatic rings. The first-order valence-corrected chi connectivity index (χ1v) is 7.88. The molecule has 0 N–H and O–H groups in total. The molecule has 0 atom stereocenters. The van der Waals surface area contributed by atoms with Crippen LogP contribution in [-0.4, -0.2) is 26.2 Å². The van der Waals surface area contributed by atoms with Crippen LogP contribution in [0.3, 0.4) is 0 Å². The topological polar surface area (TPSA) is 55.8 Å². The van der Waals surface area contributed by atoms with Gasteiger partial charge in [-0.05, 0) is 34.1 Å². The van der Waals surface area contributed by atoms with Crippen molar-refractivity contribution in [3.63, 3.8) is 0 Å². The lowest BCUT2D eigenvalue weighted by atomic mass is 10.1. The highest BCUT2D eigenvalue weighted by Gasteiger charge is 2.31. The molecule has 2 rings (SSSR count). The Morgan fingerprint density at radius 1 is 1.16 bits per heavy atom. The summed E-state index contributed by atoms with van der Waals surface area (Å²) in [5.41, 5.74) is -0.898. The molecule has 5 nitrogen and oxygen atoms in total. The number of ether oxygens (including phenoxy) is 2. The molecule has 0 unspecified atom stereocenters. The van der Waals surface area contributed by atoms with Crippen LogP contribution in [0.25, 0.3) is 0 Å². The van der Waals surface area contributed by atoms with E-state index >= 15 is 0 Å². The van der Waals surface area contributed by atoms with Gasteiger partial charge in [-0.15, -0.1) is 0 Å². The van der Waals surface area contributed by atoms with Crippen LogP contribution in [0, 0.1) is 11.6 Å². The van der Waals surface area contributed by atoms with Gasteiger partial charge in [0, 0.05) is 6.20 Å². The third kappa shape index (κ3) is 3.59. The SMILES string of the molecule is COC(=O)C1=C(C(=O)OC)N(c2c(F)cc(Cl)c(F)c2Br)C=CC=C1. The van der Waals surface area contributed by atoms with Crippen molar-refractivity contribution in [1.82, 2.24) is 0 Å². The van der Waals surface area contributed by atoms with E-state index in [-0.39, 0.29) is 21.4 Å². The minimum Gasteiger partial charge on any atom is -0.465 e. The summed E-state index contributed by atoms with van der Waals surface area (Å²) in [6.07, 6.45) is 5.44. The average Bonchev–Trinajstić information content (AvgIpc) is 2.81.